The molecule has 0 spiro atoms. The molecule has 5 nitrogen and oxygen atoms in total. The molecular weight excluding hydrogens is 198 g/mol. The van der Waals surface area contributed by atoms with Gasteiger partial charge in [0.1, 0.15) is 5.75 Å². The average molecular weight is 211 g/mol. The first-order valence-corrected chi connectivity index (χ1v) is 4.44. The Morgan fingerprint density at radius 2 is 2.00 bits per heavy atom. The number of carbonyl (C=O) groups excluding carboxylic acids is 1. The molecule has 0 aliphatic carbocycles. The minimum absolute atomic E-state index is 0.0556. The predicted octanol–water partition coefficient (Wildman–Crippen LogP) is 1.03. The van der Waals surface area contributed by atoms with E-state index >= 15 is 0 Å². The Bertz CT molecular complexity index is 428. The lowest BCUT2D eigenvalue weighted by Gasteiger charge is -2.15. The minimum atomic E-state index is -0.664. The standard InChI is InChI=1S/C10H13NO4/c1-10(2,3)9(14)15-8-5-6(12)4-7(13)11-8/h4-5H,1-3H3,(H2,11,12,13). The molecule has 0 atom stereocenters. The van der Waals surface area contributed by atoms with Gasteiger partial charge in [0, 0.05) is 12.1 Å². The van der Waals surface area contributed by atoms with Crippen molar-refractivity contribution in [1.82, 2.24) is 4.98 Å². The Labute approximate surface area is 86.7 Å². The molecule has 0 aliphatic heterocycles. The number of hydrogen-bond donors (Lipinski definition) is 2. The van der Waals surface area contributed by atoms with Gasteiger partial charge in [0.25, 0.3) is 5.56 Å². The van der Waals surface area contributed by atoms with Crippen LogP contribution in [0.1, 0.15) is 20.8 Å². The first-order valence-electron chi connectivity index (χ1n) is 4.44. The van der Waals surface area contributed by atoms with E-state index in [0.717, 1.165) is 6.07 Å². The number of H-pyrrole nitrogens is 1. The van der Waals surface area contributed by atoms with E-state index in [-0.39, 0.29) is 11.6 Å². The van der Waals surface area contributed by atoms with Gasteiger partial charge in [-0.25, -0.2) is 0 Å². The molecule has 0 bridgehead atoms. The van der Waals surface area contributed by atoms with Crippen LogP contribution in [0.15, 0.2) is 16.9 Å². The first kappa shape index (κ1) is 11.3. The summed E-state index contributed by atoms with van der Waals surface area (Å²) < 4.78 is 4.89. The molecule has 15 heavy (non-hydrogen) atoms. The maximum atomic E-state index is 11.4. The van der Waals surface area contributed by atoms with Crippen LogP contribution < -0.4 is 10.3 Å². The van der Waals surface area contributed by atoms with Gasteiger partial charge in [-0.15, -0.1) is 0 Å². The van der Waals surface area contributed by atoms with Crippen molar-refractivity contribution >= 4 is 5.97 Å². The van der Waals surface area contributed by atoms with Gasteiger partial charge >= 0.3 is 5.97 Å². The Kier molecular flexibility index (Phi) is 2.83. The fraction of sp³-hybridized carbons (Fsp3) is 0.400. The molecule has 0 unspecified atom stereocenters. The van der Waals surface area contributed by atoms with Crippen LogP contribution in [-0.2, 0) is 4.79 Å². The summed E-state index contributed by atoms with van der Waals surface area (Å²) in [7, 11) is 0. The highest BCUT2D eigenvalue weighted by atomic mass is 16.5. The van der Waals surface area contributed by atoms with Crippen LogP contribution in [-0.4, -0.2) is 16.1 Å². The number of aromatic amines is 1. The zero-order valence-corrected chi connectivity index (χ0v) is 8.83. The number of nitrogens with one attached hydrogen (secondary N) is 1. The molecule has 1 aromatic rings. The highest BCUT2D eigenvalue weighted by molar-refractivity contribution is 5.77. The summed E-state index contributed by atoms with van der Waals surface area (Å²) in [4.78, 5) is 24.7. The number of aromatic nitrogens is 1. The van der Waals surface area contributed by atoms with Crippen molar-refractivity contribution in [2.24, 2.45) is 5.41 Å². The zero-order valence-electron chi connectivity index (χ0n) is 8.83. The molecule has 2 N–H and O–H groups in total. The Hall–Kier alpha value is -1.78. The number of hydrogen-bond acceptors (Lipinski definition) is 4. The lowest BCUT2D eigenvalue weighted by Crippen LogP contribution is -2.26. The van der Waals surface area contributed by atoms with E-state index in [1.807, 2.05) is 0 Å². The Morgan fingerprint density at radius 1 is 1.40 bits per heavy atom. The number of aromatic hydroxyl groups is 1. The number of carbonyl (C=O) groups is 1. The van der Waals surface area contributed by atoms with Gasteiger partial charge in [-0.2, -0.15) is 0 Å². The maximum Gasteiger partial charge on any atom is 0.317 e. The maximum absolute atomic E-state index is 11.4. The Morgan fingerprint density at radius 3 is 2.47 bits per heavy atom. The van der Waals surface area contributed by atoms with E-state index in [0.29, 0.717) is 0 Å². The Balaban J connectivity index is 2.91. The fourth-order valence-electron chi connectivity index (χ4n) is 0.812. The third-order valence-electron chi connectivity index (χ3n) is 1.62. The first-order chi connectivity index (χ1) is 6.79. The summed E-state index contributed by atoms with van der Waals surface area (Å²) in [6, 6.07) is 2.17. The highest BCUT2D eigenvalue weighted by Gasteiger charge is 2.24. The smallest absolute Gasteiger partial charge is 0.317 e. The molecule has 0 aromatic carbocycles. The largest absolute Gasteiger partial charge is 0.508 e. The molecule has 0 saturated carbocycles. The van der Waals surface area contributed by atoms with Crippen molar-refractivity contribution < 1.29 is 14.6 Å². The van der Waals surface area contributed by atoms with Crippen LogP contribution >= 0.6 is 0 Å². The van der Waals surface area contributed by atoms with Crippen molar-refractivity contribution in [3.63, 3.8) is 0 Å². The van der Waals surface area contributed by atoms with Crippen LogP contribution in [0.4, 0.5) is 0 Å². The topological polar surface area (TPSA) is 79.4 Å². The van der Waals surface area contributed by atoms with Gasteiger partial charge < -0.3 is 9.84 Å². The summed E-state index contributed by atoms with van der Waals surface area (Å²) in [6.45, 7) is 5.07. The summed E-state index contributed by atoms with van der Waals surface area (Å²) >= 11 is 0. The van der Waals surface area contributed by atoms with E-state index in [9.17, 15) is 9.59 Å². The molecule has 0 radical (unpaired) electrons. The summed E-state index contributed by atoms with van der Waals surface area (Å²) in [5, 5.41) is 9.10. The van der Waals surface area contributed by atoms with Gasteiger partial charge in [0.2, 0.25) is 5.88 Å². The van der Waals surface area contributed by atoms with Crippen molar-refractivity contribution in [3.8, 4) is 11.6 Å². The average Bonchev–Trinajstić information content (AvgIpc) is 1.99. The highest BCUT2D eigenvalue weighted by Crippen LogP contribution is 2.18. The van der Waals surface area contributed by atoms with Crippen LogP contribution in [0.5, 0.6) is 11.6 Å². The van der Waals surface area contributed by atoms with Crippen LogP contribution in [0.2, 0.25) is 0 Å². The van der Waals surface area contributed by atoms with Gasteiger partial charge in [-0.05, 0) is 20.8 Å². The lowest BCUT2D eigenvalue weighted by atomic mass is 9.97. The van der Waals surface area contributed by atoms with Crippen LogP contribution in [0, 0.1) is 5.41 Å². The monoisotopic (exact) mass is 211 g/mol. The second-order valence-corrected chi connectivity index (χ2v) is 4.21. The molecule has 1 rings (SSSR count). The molecule has 0 fully saturated rings. The van der Waals surface area contributed by atoms with Crippen LogP contribution in [0.3, 0.4) is 0 Å². The summed E-state index contributed by atoms with van der Waals surface area (Å²) in [6.07, 6.45) is 0. The van der Waals surface area contributed by atoms with Crippen molar-refractivity contribution in [2.75, 3.05) is 0 Å². The molecule has 1 heterocycles. The van der Waals surface area contributed by atoms with E-state index < -0.39 is 16.9 Å². The van der Waals surface area contributed by atoms with Crippen molar-refractivity contribution in [2.45, 2.75) is 20.8 Å². The van der Waals surface area contributed by atoms with Gasteiger partial charge in [-0.3, -0.25) is 14.6 Å². The molecule has 1 aromatic heterocycles. The molecule has 0 amide bonds. The number of esters is 1. The summed E-state index contributed by atoms with van der Waals surface area (Å²) in [5.41, 5.74) is -1.19. The van der Waals surface area contributed by atoms with Crippen molar-refractivity contribution in [3.05, 3.63) is 22.5 Å². The molecule has 5 heteroatoms. The third kappa shape index (κ3) is 3.12. The van der Waals surface area contributed by atoms with E-state index in [4.69, 9.17) is 9.84 Å². The number of pyridine rings is 1. The quantitative estimate of drug-likeness (QED) is 0.680. The van der Waals surface area contributed by atoms with Gasteiger partial charge in [-0.1, -0.05) is 0 Å². The van der Waals surface area contributed by atoms with E-state index in [2.05, 4.69) is 4.98 Å². The molecular formula is C10H13NO4. The molecule has 82 valence electrons. The van der Waals surface area contributed by atoms with E-state index in [1.54, 1.807) is 20.8 Å². The second-order valence-electron chi connectivity index (χ2n) is 4.21. The van der Waals surface area contributed by atoms with Crippen molar-refractivity contribution in [1.29, 1.82) is 0 Å². The fourth-order valence-corrected chi connectivity index (χ4v) is 0.812. The lowest BCUT2D eigenvalue weighted by molar-refractivity contribution is -0.143. The number of rotatable bonds is 1. The third-order valence-corrected chi connectivity index (χ3v) is 1.62. The summed E-state index contributed by atoms with van der Waals surface area (Å²) in [5.74, 6) is -0.779. The van der Waals surface area contributed by atoms with Crippen LogP contribution in [0.25, 0.3) is 0 Å². The normalized spacial score (nSPS) is 11.1. The zero-order chi connectivity index (χ0) is 11.6. The number of ether oxygens (including phenoxy) is 1. The van der Waals surface area contributed by atoms with Gasteiger partial charge in [0.05, 0.1) is 5.41 Å². The molecule has 0 aliphatic rings. The van der Waals surface area contributed by atoms with E-state index in [1.165, 1.54) is 6.07 Å². The SMILES string of the molecule is CC(C)(C)C(=O)Oc1cc(O)cc(=O)[nH]1. The van der Waals surface area contributed by atoms with Gasteiger partial charge in [0.15, 0.2) is 0 Å². The second kappa shape index (κ2) is 3.76. The predicted molar refractivity (Wildman–Crippen MR) is 53.8 cm³/mol. The minimum Gasteiger partial charge on any atom is -0.508 e. The molecule has 0 saturated heterocycles.